The summed E-state index contributed by atoms with van der Waals surface area (Å²) in [6.45, 7) is 0.900. The van der Waals surface area contributed by atoms with Crippen LogP contribution in [0.25, 0.3) is 0 Å². The van der Waals surface area contributed by atoms with Crippen LogP contribution in [0.1, 0.15) is 5.56 Å². The van der Waals surface area contributed by atoms with E-state index in [1.54, 1.807) is 11.3 Å². The SMILES string of the molecule is c1ccc(N(Cc2ccsc2)c2ccccc2)cc1. The lowest BCUT2D eigenvalue weighted by molar-refractivity contribution is 0.981. The summed E-state index contributed by atoms with van der Waals surface area (Å²) < 4.78 is 0. The minimum Gasteiger partial charge on any atom is -0.337 e. The van der Waals surface area contributed by atoms with Crippen molar-refractivity contribution < 1.29 is 0 Å². The maximum atomic E-state index is 2.34. The number of hydrogen-bond acceptors (Lipinski definition) is 2. The van der Waals surface area contributed by atoms with Crippen LogP contribution in [0.4, 0.5) is 11.4 Å². The summed E-state index contributed by atoms with van der Waals surface area (Å²) >= 11 is 1.75. The minimum absolute atomic E-state index is 0.900. The molecule has 0 aliphatic heterocycles. The van der Waals surface area contributed by atoms with Gasteiger partial charge in [0, 0.05) is 17.9 Å². The zero-order chi connectivity index (χ0) is 12.9. The molecule has 0 aliphatic rings. The molecule has 0 N–H and O–H groups in total. The maximum absolute atomic E-state index is 2.34. The predicted octanol–water partition coefficient (Wildman–Crippen LogP) is 5.09. The molecule has 1 nitrogen and oxygen atoms in total. The van der Waals surface area contributed by atoms with E-state index in [9.17, 15) is 0 Å². The van der Waals surface area contributed by atoms with E-state index < -0.39 is 0 Å². The topological polar surface area (TPSA) is 3.24 Å². The second kappa shape index (κ2) is 5.72. The average molecular weight is 265 g/mol. The van der Waals surface area contributed by atoms with Crippen LogP contribution in [0.3, 0.4) is 0 Å². The second-order valence-corrected chi connectivity index (χ2v) is 5.17. The van der Waals surface area contributed by atoms with Gasteiger partial charge in [0.15, 0.2) is 0 Å². The predicted molar refractivity (Wildman–Crippen MR) is 83.0 cm³/mol. The van der Waals surface area contributed by atoms with E-state index in [1.807, 2.05) is 0 Å². The summed E-state index contributed by atoms with van der Waals surface area (Å²) in [7, 11) is 0. The number of anilines is 2. The van der Waals surface area contributed by atoms with Crippen molar-refractivity contribution in [2.24, 2.45) is 0 Å². The highest BCUT2D eigenvalue weighted by molar-refractivity contribution is 7.07. The fourth-order valence-corrected chi connectivity index (χ4v) is 2.77. The lowest BCUT2D eigenvalue weighted by Crippen LogP contribution is -2.15. The number of hydrogen-bond donors (Lipinski definition) is 0. The molecule has 3 rings (SSSR count). The van der Waals surface area contributed by atoms with Crippen LogP contribution in [-0.2, 0) is 6.54 Å². The molecule has 0 fully saturated rings. The van der Waals surface area contributed by atoms with Crippen molar-refractivity contribution in [1.29, 1.82) is 0 Å². The van der Waals surface area contributed by atoms with Gasteiger partial charge in [-0.15, -0.1) is 0 Å². The molecule has 3 aromatic rings. The Hall–Kier alpha value is -2.06. The summed E-state index contributed by atoms with van der Waals surface area (Å²) in [6.07, 6.45) is 0. The molecule has 0 spiro atoms. The first kappa shape index (κ1) is 12.0. The van der Waals surface area contributed by atoms with Crippen LogP contribution >= 0.6 is 11.3 Å². The van der Waals surface area contributed by atoms with Gasteiger partial charge in [0.2, 0.25) is 0 Å². The first-order valence-electron chi connectivity index (χ1n) is 6.32. The molecule has 0 atom stereocenters. The summed E-state index contributed by atoms with van der Waals surface area (Å²) in [5.41, 5.74) is 3.79. The van der Waals surface area contributed by atoms with Crippen LogP contribution in [0.5, 0.6) is 0 Å². The van der Waals surface area contributed by atoms with E-state index in [1.165, 1.54) is 16.9 Å². The number of thiophene rings is 1. The Morgan fingerprint density at radius 3 is 1.79 bits per heavy atom. The Kier molecular flexibility index (Phi) is 3.61. The molecular weight excluding hydrogens is 250 g/mol. The van der Waals surface area contributed by atoms with Crippen molar-refractivity contribution in [2.75, 3.05) is 4.90 Å². The van der Waals surface area contributed by atoms with Crippen molar-refractivity contribution >= 4 is 22.7 Å². The van der Waals surface area contributed by atoms with E-state index in [4.69, 9.17) is 0 Å². The van der Waals surface area contributed by atoms with E-state index in [0.717, 1.165) is 6.54 Å². The second-order valence-electron chi connectivity index (χ2n) is 4.39. The number of nitrogens with zero attached hydrogens (tertiary/aromatic N) is 1. The fraction of sp³-hybridized carbons (Fsp3) is 0.0588. The molecule has 1 heterocycles. The van der Waals surface area contributed by atoms with Gasteiger partial charge in [-0.3, -0.25) is 0 Å². The van der Waals surface area contributed by atoms with Crippen LogP contribution in [0, 0.1) is 0 Å². The smallest absolute Gasteiger partial charge is 0.0489 e. The van der Waals surface area contributed by atoms with Crippen molar-refractivity contribution in [1.82, 2.24) is 0 Å². The molecule has 0 saturated carbocycles. The van der Waals surface area contributed by atoms with Gasteiger partial charge in [-0.1, -0.05) is 36.4 Å². The lowest BCUT2D eigenvalue weighted by Gasteiger charge is -2.24. The number of rotatable bonds is 4. The van der Waals surface area contributed by atoms with Gasteiger partial charge < -0.3 is 4.90 Å². The van der Waals surface area contributed by atoms with Gasteiger partial charge >= 0.3 is 0 Å². The summed E-state index contributed by atoms with van der Waals surface area (Å²) in [4.78, 5) is 2.34. The average Bonchev–Trinajstić information content (AvgIpc) is 3.00. The molecule has 94 valence electrons. The molecule has 0 radical (unpaired) electrons. The summed E-state index contributed by atoms with van der Waals surface area (Å²) in [6, 6.07) is 23.2. The van der Waals surface area contributed by atoms with E-state index in [-0.39, 0.29) is 0 Å². The normalized spacial score (nSPS) is 10.3. The number of benzene rings is 2. The maximum Gasteiger partial charge on any atom is 0.0489 e. The minimum atomic E-state index is 0.900. The highest BCUT2D eigenvalue weighted by Gasteiger charge is 2.09. The molecule has 0 bridgehead atoms. The third kappa shape index (κ3) is 2.85. The Morgan fingerprint density at radius 1 is 0.737 bits per heavy atom. The fourth-order valence-electron chi connectivity index (χ4n) is 2.11. The van der Waals surface area contributed by atoms with Gasteiger partial charge in [-0.05, 0) is 46.7 Å². The third-order valence-electron chi connectivity index (χ3n) is 3.06. The van der Waals surface area contributed by atoms with Gasteiger partial charge in [-0.25, -0.2) is 0 Å². The molecule has 2 aromatic carbocycles. The zero-order valence-electron chi connectivity index (χ0n) is 10.6. The largest absolute Gasteiger partial charge is 0.337 e. The summed E-state index contributed by atoms with van der Waals surface area (Å²) in [5.74, 6) is 0. The zero-order valence-corrected chi connectivity index (χ0v) is 11.4. The molecule has 1 aromatic heterocycles. The van der Waals surface area contributed by atoms with Crippen molar-refractivity contribution in [3.63, 3.8) is 0 Å². The Morgan fingerprint density at radius 2 is 1.32 bits per heavy atom. The van der Waals surface area contributed by atoms with E-state index in [2.05, 4.69) is 82.4 Å². The van der Waals surface area contributed by atoms with Gasteiger partial charge in [0.25, 0.3) is 0 Å². The first-order valence-corrected chi connectivity index (χ1v) is 7.26. The summed E-state index contributed by atoms with van der Waals surface area (Å²) in [5, 5.41) is 4.34. The van der Waals surface area contributed by atoms with Crippen LogP contribution in [0.15, 0.2) is 77.5 Å². The third-order valence-corrected chi connectivity index (χ3v) is 3.79. The van der Waals surface area contributed by atoms with Gasteiger partial charge in [0.05, 0.1) is 0 Å². The molecule has 0 unspecified atom stereocenters. The van der Waals surface area contributed by atoms with Crippen molar-refractivity contribution in [3.05, 3.63) is 83.1 Å². The van der Waals surface area contributed by atoms with Crippen LogP contribution in [0.2, 0.25) is 0 Å². The monoisotopic (exact) mass is 265 g/mol. The molecule has 0 amide bonds. The molecule has 0 aliphatic carbocycles. The van der Waals surface area contributed by atoms with Crippen LogP contribution in [-0.4, -0.2) is 0 Å². The first-order chi connectivity index (χ1) is 9.43. The quantitative estimate of drug-likeness (QED) is 0.635. The van der Waals surface area contributed by atoms with Crippen molar-refractivity contribution in [2.45, 2.75) is 6.54 Å². The lowest BCUT2D eigenvalue weighted by atomic mass is 10.2. The van der Waals surface area contributed by atoms with E-state index >= 15 is 0 Å². The molecule has 2 heteroatoms. The van der Waals surface area contributed by atoms with Gasteiger partial charge in [0.1, 0.15) is 0 Å². The van der Waals surface area contributed by atoms with Crippen molar-refractivity contribution in [3.8, 4) is 0 Å². The Balaban J connectivity index is 1.96. The Labute approximate surface area is 117 Å². The molecular formula is C17H15NS. The highest BCUT2D eigenvalue weighted by Crippen LogP contribution is 2.27. The Bertz CT molecular complexity index is 563. The molecule has 19 heavy (non-hydrogen) atoms. The number of para-hydroxylation sites is 2. The van der Waals surface area contributed by atoms with Crippen LogP contribution < -0.4 is 4.90 Å². The van der Waals surface area contributed by atoms with E-state index in [0.29, 0.717) is 0 Å². The highest BCUT2D eigenvalue weighted by atomic mass is 32.1. The molecule has 0 saturated heterocycles. The standard InChI is InChI=1S/C17H15NS/c1-3-7-16(8-4-1)18(13-15-11-12-19-14-15)17-9-5-2-6-10-17/h1-12,14H,13H2. The van der Waals surface area contributed by atoms with Gasteiger partial charge in [-0.2, -0.15) is 11.3 Å².